The normalized spacial score (nSPS) is 11.3. The fourth-order valence-electron chi connectivity index (χ4n) is 1.80. The van der Waals surface area contributed by atoms with Gasteiger partial charge in [-0.2, -0.15) is 0 Å². The fourth-order valence-corrected chi connectivity index (χ4v) is 3.29. The number of hydrogen-bond acceptors (Lipinski definition) is 3. The maximum Gasteiger partial charge on any atom is 0.240 e. The van der Waals surface area contributed by atoms with E-state index in [1.807, 2.05) is 0 Å². The first-order chi connectivity index (χ1) is 11.3. The van der Waals surface area contributed by atoms with E-state index in [1.165, 1.54) is 36.4 Å². The number of amides is 1. The van der Waals surface area contributed by atoms with Crippen molar-refractivity contribution in [3.8, 4) is 0 Å². The van der Waals surface area contributed by atoms with Gasteiger partial charge < -0.3 is 5.32 Å². The SMILES string of the molecule is O=C(CCNS(=O)(=O)c1ccc(Cl)cc1)Nc1ccc(Br)cc1F. The van der Waals surface area contributed by atoms with E-state index in [2.05, 4.69) is 26.0 Å². The maximum absolute atomic E-state index is 13.6. The molecule has 0 fully saturated rings. The van der Waals surface area contributed by atoms with Gasteiger partial charge in [-0.05, 0) is 42.5 Å². The molecule has 0 aromatic heterocycles. The van der Waals surface area contributed by atoms with E-state index >= 15 is 0 Å². The molecule has 2 rings (SSSR count). The Morgan fingerprint density at radius 2 is 1.83 bits per heavy atom. The van der Waals surface area contributed by atoms with E-state index in [0.717, 1.165) is 0 Å². The van der Waals surface area contributed by atoms with E-state index in [0.29, 0.717) is 9.50 Å². The molecule has 2 aromatic carbocycles. The molecule has 0 saturated heterocycles. The van der Waals surface area contributed by atoms with E-state index in [9.17, 15) is 17.6 Å². The molecule has 2 aromatic rings. The number of hydrogen-bond donors (Lipinski definition) is 2. The van der Waals surface area contributed by atoms with Gasteiger partial charge in [0, 0.05) is 22.5 Å². The zero-order chi connectivity index (χ0) is 17.7. The first kappa shape index (κ1) is 18.9. The lowest BCUT2D eigenvalue weighted by molar-refractivity contribution is -0.116. The molecule has 128 valence electrons. The van der Waals surface area contributed by atoms with Gasteiger partial charge in [-0.25, -0.2) is 17.5 Å². The minimum Gasteiger partial charge on any atom is -0.324 e. The molecule has 0 saturated carbocycles. The van der Waals surface area contributed by atoms with Gasteiger partial charge in [0.1, 0.15) is 5.82 Å². The highest BCUT2D eigenvalue weighted by atomic mass is 79.9. The zero-order valence-corrected chi connectivity index (χ0v) is 15.4. The number of nitrogens with one attached hydrogen (secondary N) is 2. The number of sulfonamides is 1. The van der Waals surface area contributed by atoms with Crippen LogP contribution in [-0.4, -0.2) is 20.9 Å². The third-order valence-corrected chi connectivity index (χ3v) is 5.20. The first-order valence-corrected chi connectivity index (χ1v) is 9.43. The monoisotopic (exact) mass is 434 g/mol. The molecule has 0 bridgehead atoms. The third-order valence-electron chi connectivity index (χ3n) is 2.97. The summed E-state index contributed by atoms with van der Waals surface area (Å²) in [6, 6.07) is 9.86. The van der Waals surface area contributed by atoms with Gasteiger partial charge in [0.2, 0.25) is 15.9 Å². The van der Waals surface area contributed by atoms with Crippen LogP contribution in [0, 0.1) is 5.82 Å². The molecule has 0 aliphatic carbocycles. The van der Waals surface area contributed by atoms with Crippen molar-refractivity contribution < 1.29 is 17.6 Å². The molecule has 5 nitrogen and oxygen atoms in total. The minimum absolute atomic E-state index is 0.0313. The highest BCUT2D eigenvalue weighted by Gasteiger charge is 2.14. The smallest absolute Gasteiger partial charge is 0.240 e. The van der Waals surface area contributed by atoms with Crippen LogP contribution in [-0.2, 0) is 14.8 Å². The van der Waals surface area contributed by atoms with Gasteiger partial charge in [0.25, 0.3) is 0 Å². The Labute approximate surface area is 152 Å². The lowest BCUT2D eigenvalue weighted by atomic mass is 10.3. The Morgan fingerprint density at radius 3 is 2.46 bits per heavy atom. The second-order valence-electron chi connectivity index (χ2n) is 4.77. The minimum atomic E-state index is -3.73. The quantitative estimate of drug-likeness (QED) is 0.729. The largest absolute Gasteiger partial charge is 0.324 e. The van der Waals surface area contributed by atoms with Crippen LogP contribution in [0.4, 0.5) is 10.1 Å². The lowest BCUT2D eigenvalue weighted by Crippen LogP contribution is -2.28. The highest BCUT2D eigenvalue weighted by Crippen LogP contribution is 2.19. The predicted octanol–water partition coefficient (Wildman–Crippen LogP) is 3.55. The summed E-state index contributed by atoms with van der Waals surface area (Å²) >= 11 is 8.82. The average molecular weight is 436 g/mol. The molecule has 0 aliphatic rings. The van der Waals surface area contributed by atoms with Gasteiger partial charge in [-0.1, -0.05) is 27.5 Å². The Hall–Kier alpha value is -1.48. The molecule has 0 spiro atoms. The van der Waals surface area contributed by atoms with Gasteiger partial charge in [-0.3, -0.25) is 4.79 Å². The summed E-state index contributed by atoms with van der Waals surface area (Å²) in [4.78, 5) is 11.8. The summed E-state index contributed by atoms with van der Waals surface area (Å²) < 4.78 is 40.5. The van der Waals surface area contributed by atoms with Gasteiger partial charge in [0.15, 0.2) is 0 Å². The molecule has 0 unspecified atom stereocenters. The van der Waals surface area contributed by atoms with Crippen LogP contribution < -0.4 is 10.0 Å². The summed E-state index contributed by atoms with van der Waals surface area (Å²) in [5, 5.41) is 2.81. The number of carbonyl (C=O) groups is 1. The topological polar surface area (TPSA) is 75.3 Å². The lowest BCUT2D eigenvalue weighted by Gasteiger charge is -2.08. The van der Waals surface area contributed by atoms with Crippen LogP contribution in [0.1, 0.15) is 6.42 Å². The van der Waals surface area contributed by atoms with Crippen LogP contribution >= 0.6 is 27.5 Å². The van der Waals surface area contributed by atoms with Crippen molar-refractivity contribution in [1.82, 2.24) is 4.72 Å². The van der Waals surface area contributed by atoms with E-state index < -0.39 is 21.7 Å². The van der Waals surface area contributed by atoms with Crippen LogP contribution in [0.15, 0.2) is 51.8 Å². The zero-order valence-electron chi connectivity index (χ0n) is 12.2. The number of carbonyl (C=O) groups excluding carboxylic acids is 1. The van der Waals surface area contributed by atoms with Gasteiger partial charge in [-0.15, -0.1) is 0 Å². The second kappa shape index (κ2) is 8.06. The van der Waals surface area contributed by atoms with Crippen LogP contribution in [0.5, 0.6) is 0 Å². The van der Waals surface area contributed by atoms with Crippen LogP contribution in [0.2, 0.25) is 5.02 Å². The molecule has 9 heteroatoms. The Bertz CT molecular complexity index is 844. The van der Waals surface area contributed by atoms with Crippen molar-refractivity contribution in [2.24, 2.45) is 0 Å². The molecule has 1 amide bonds. The first-order valence-electron chi connectivity index (χ1n) is 6.78. The number of halogens is 3. The number of rotatable bonds is 6. The molecule has 24 heavy (non-hydrogen) atoms. The second-order valence-corrected chi connectivity index (χ2v) is 7.89. The van der Waals surface area contributed by atoms with Crippen molar-refractivity contribution in [2.75, 3.05) is 11.9 Å². The van der Waals surface area contributed by atoms with E-state index in [-0.39, 0.29) is 23.5 Å². The molecule has 0 radical (unpaired) electrons. The number of anilines is 1. The predicted molar refractivity (Wildman–Crippen MR) is 94.0 cm³/mol. The standard InChI is InChI=1S/C15H13BrClFN2O3S/c16-10-1-6-14(13(18)9-10)20-15(21)7-8-19-24(22,23)12-4-2-11(17)3-5-12/h1-6,9,19H,7-8H2,(H,20,21). The molecule has 0 heterocycles. The van der Waals surface area contributed by atoms with Gasteiger partial charge in [0.05, 0.1) is 10.6 Å². The Kier molecular flexibility index (Phi) is 6.34. The van der Waals surface area contributed by atoms with Crippen LogP contribution in [0.25, 0.3) is 0 Å². The van der Waals surface area contributed by atoms with E-state index in [1.54, 1.807) is 6.07 Å². The summed E-state index contributed by atoms with van der Waals surface area (Å²) in [7, 11) is -3.73. The van der Waals surface area contributed by atoms with Crippen LogP contribution in [0.3, 0.4) is 0 Å². The van der Waals surface area contributed by atoms with Crippen molar-refractivity contribution >= 4 is 49.1 Å². The third kappa shape index (κ3) is 5.27. The molecule has 0 aliphatic heterocycles. The average Bonchev–Trinajstić information content (AvgIpc) is 2.50. The summed E-state index contributed by atoms with van der Waals surface area (Å²) in [5.41, 5.74) is 0.0313. The van der Waals surface area contributed by atoms with Crippen molar-refractivity contribution in [1.29, 1.82) is 0 Å². The molecule has 2 N–H and O–H groups in total. The number of benzene rings is 2. The van der Waals surface area contributed by atoms with E-state index in [4.69, 9.17) is 11.6 Å². The highest BCUT2D eigenvalue weighted by molar-refractivity contribution is 9.10. The maximum atomic E-state index is 13.6. The van der Waals surface area contributed by atoms with Gasteiger partial charge >= 0.3 is 0 Å². The Morgan fingerprint density at radius 1 is 1.17 bits per heavy atom. The fraction of sp³-hybridized carbons (Fsp3) is 0.133. The molecule has 0 atom stereocenters. The summed E-state index contributed by atoms with van der Waals surface area (Å²) in [6.07, 6.45) is -0.137. The summed E-state index contributed by atoms with van der Waals surface area (Å²) in [6.45, 7) is -0.116. The molecular formula is C15H13BrClFN2O3S. The summed E-state index contributed by atoms with van der Waals surface area (Å²) in [5.74, 6) is -1.09. The van der Waals surface area contributed by atoms with Crippen molar-refractivity contribution in [3.63, 3.8) is 0 Å². The Balaban J connectivity index is 1.89. The molecular weight excluding hydrogens is 423 g/mol. The van der Waals surface area contributed by atoms with Crippen molar-refractivity contribution in [2.45, 2.75) is 11.3 Å². The van der Waals surface area contributed by atoms with Crippen molar-refractivity contribution in [3.05, 3.63) is 57.8 Å².